The van der Waals surface area contributed by atoms with Crippen LogP contribution in [-0.4, -0.2) is 22.7 Å². The predicted molar refractivity (Wildman–Crippen MR) is 81.1 cm³/mol. The number of hydrogen-bond donors (Lipinski definition) is 0. The second-order valence-corrected chi connectivity index (χ2v) is 5.60. The number of aldehydes is 1. The predicted octanol–water partition coefficient (Wildman–Crippen LogP) is 3.56. The van der Waals surface area contributed by atoms with Crippen LogP contribution >= 0.6 is 0 Å². The number of hydrogen-bond acceptors (Lipinski definition) is 3. The van der Waals surface area contributed by atoms with Crippen molar-refractivity contribution in [3.63, 3.8) is 0 Å². The van der Waals surface area contributed by atoms with E-state index in [9.17, 15) is 4.79 Å². The molecule has 0 atom stereocenters. The molecule has 0 unspecified atom stereocenters. The Morgan fingerprint density at radius 3 is 2.71 bits per heavy atom. The van der Waals surface area contributed by atoms with Gasteiger partial charge in [0.2, 0.25) is 5.88 Å². The maximum absolute atomic E-state index is 11.3. The molecule has 0 spiro atoms. The van der Waals surface area contributed by atoms with Crippen molar-refractivity contribution in [3.8, 4) is 11.6 Å². The van der Waals surface area contributed by atoms with Crippen LogP contribution in [0.2, 0.25) is 0 Å². The van der Waals surface area contributed by atoms with Gasteiger partial charge in [-0.05, 0) is 31.4 Å². The summed E-state index contributed by atoms with van der Waals surface area (Å²) in [5, 5.41) is 4.44. The maximum Gasteiger partial charge on any atom is 0.227 e. The highest BCUT2D eigenvalue weighted by atomic mass is 16.5. The number of para-hydroxylation sites is 1. The molecule has 0 radical (unpaired) electrons. The number of rotatable bonds is 6. The lowest BCUT2D eigenvalue weighted by Gasteiger charge is -2.25. The van der Waals surface area contributed by atoms with Gasteiger partial charge in [0.1, 0.15) is 0 Å². The van der Waals surface area contributed by atoms with Gasteiger partial charge in [-0.3, -0.25) is 4.79 Å². The summed E-state index contributed by atoms with van der Waals surface area (Å²) >= 11 is 0. The van der Waals surface area contributed by atoms with Gasteiger partial charge in [-0.15, -0.1) is 0 Å². The molecule has 0 bridgehead atoms. The Balaban J connectivity index is 1.83. The van der Waals surface area contributed by atoms with Gasteiger partial charge in [-0.1, -0.05) is 37.5 Å². The summed E-state index contributed by atoms with van der Waals surface area (Å²) in [7, 11) is 0. The molecule has 0 N–H and O–H groups in total. The molecule has 1 saturated carbocycles. The van der Waals surface area contributed by atoms with Crippen LogP contribution < -0.4 is 4.74 Å². The van der Waals surface area contributed by atoms with E-state index in [1.165, 1.54) is 19.3 Å². The zero-order chi connectivity index (χ0) is 14.7. The van der Waals surface area contributed by atoms with Crippen LogP contribution in [0.4, 0.5) is 0 Å². The smallest absolute Gasteiger partial charge is 0.227 e. The molecule has 2 aromatic rings. The van der Waals surface area contributed by atoms with Crippen LogP contribution in [0.1, 0.15) is 41.7 Å². The lowest BCUT2D eigenvalue weighted by molar-refractivity contribution is 0.111. The molecule has 4 nitrogen and oxygen atoms in total. The third-order valence-electron chi connectivity index (χ3n) is 4.17. The second kappa shape index (κ2) is 6.12. The first kappa shape index (κ1) is 13.9. The van der Waals surface area contributed by atoms with Crippen molar-refractivity contribution < 1.29 is 9.53 Å². The van der Waals surface area contributed by atoms with Crippen molar-refractivity contribution in [2.45, 2.75) is 32.6 Å². The first-order chi connectivity index (χ1) is 10.3. The minimum Gasteiger partial charge on any atom is -0.477 e. The largest absolute Gasteiger partial charge is 0.477 e. The first-order valence-electron chi connectivity index (χ1n) is 7.52. The highest BCUT2D eigenvalue weighted by Gasteiger charge is 2.20. The van der Waals surface area contributed by atoms with Crippen LogP contribution in [0.5, 0.6) is 5.88 Å². The summed E-state index contributed by atoms with van der Waals surface area (Å²) in [6, 6.07) is 9.77. The SMILES string of the molecule is Cc1nn(-c2ccccc2)c(OCCC2CCC2)c1C=O. The van der Waals surface area contributed by atoms with E-state index in [1.807, 2.05) is 37.3 Å². The fourth-order valence-corrected chi connectivity index (χ4v) is 2.64. The van der Waals surface area contributed by atoms with Crippen LogP contribution in [0, 0.1) is 12.8 Å². The van der Waals surface area contributed by atoms with Crippen molar-refractivity contribution >= 4 is 6.29 Å². The van der Waals surface area contributed by atoms with Gasteiger partial charge in [-0.2, -0.15) is 5.10 Å². The van der Waals surface area contributed by atoms with Crippen molar-refractivity contribution in [1.29, 1.82) is 0 Å². The molecule has 1 aliphatic carbocycles. The zero-order valence-electron chi connectivity index (χ0n) is 12.3. The number of benzene rings is 1. The molecule has 110 valence electrons. The van der Waals surface area contributed by atoms with Crippen LogP contribution in [-0.2, 0) is 0 Å². The molecule has 1 heterocycles. The summed E-state index contributed by atoms with van der Waals surface area (Å²) in [6.45, 7) is 2.48. The molecule has 3 rings (SSSR count). The Hall–Kier alpha value is -2.10. The highest BCUT2D eigenvalue weighted by Crippen LogP contribution is 2.30. The first-order valence-corrected chi connectivity index (χ1v) is 7.52. The molecule has 21 heavy (non-hydrogen) atoms. The summed E-state index contributed by atoms with van der Waals surface area (Å²) < 4.78 is 7.63. The van der Waals surface area contributed by atoms with E-state index >= 15 is 0 Å². The lowest BCUT2D eigenvalue weighted by atomic mass is 9.83. The van der Waals surface area contributed by atoms with Crippen molar-refractivity contribution in [1.82, 2.24) is 9.78 Å². The number of nitrogens with zero attached hydrogens (tertiary/aromatic N) is 2. The Morgan fingerprint density at radius 2 is 2.10 bits per heavy atom. The zero-order valence-corrected chi connectivity index (χ0v) is 12.3. The molecular formula is C17H20N2O2. The average Bonchev–Trinajstić information content (AvgIpc) is 2.78. The number of aromatic nitrogens is 2. The molecule has 1 aliphatic rings. The van der Waals surface area contributed by atoms with Crippen molar-refractivity contribution in [3.05, 3.63) is 41.6 Å². The molecule has 1 aromatic heterocycles. The van der Waals surface area contributed by atoms with E-state index in [0.717, 1.165) is 24.3 Å². The van der Waals surface area contributed by atoms with Crippen molar-refractivity contribution in [2.24, 2.45) is 5.92 Å². The molecule has 0 saturated heterocycles. The Morgan fingerprint density at radius 1 is 1.33 bits per heavy atom. The maximum atomic E-state index is 11.3. The third-order valence-corrected chi connectivity index (χ3v) is 4.17. The Bertz CT molecular complexity index is 615. The molecule has 1 fully saturated rings. The van der Waals surface area contributed by atoms with Gasteiger partial charge >= 0.3 is 0 Å². The topological polar surface area (TPSA) is 44.1 Å². The van der Waals surface area contributed by atoms with Gasteiger partial charge < -0.3 is 4.74 Å². The summed E-state index contributed by atoms with van der Waals surface area (Å²) in [6.07, 6.45) is 5.84. The van der Waals surface area contributed by atoms with Crippen LogP contribution in [0.25, 0.3) is 5.69 Å². The Labute approximate surface area is 124 Å². The van der Waals surface area contributed by atoms with Gasteiger partial charge in [0, 0.05) is 0 Å². The molecule has 4 heteroatoms. The van der Waals surface area contributed by atoms with Crippen LogP contribution in [0.15, 0.2) is 30.3 Å². The fourth-order valence-electron chi connectivity index (χ4n) is 2.64. The van der Waals surface area contributed by atoms with Crippen molar-refractivity contribution in [2.75, 3.05) is 6.61 Å². The monoisotopic (exact) mass is 284 g/mol. The molecule has 0 amide bonds. The summed E-state index contributed by atoms with van der Waals surface area (Å²) in [4.78, 5) is 11.3. The minimum absolute atomic E-state index is 0.549. The van der Waals surface area contributed by atoms with E-state index in [1.54, 1.807) is 4.68 Å². The van der Waals surface area contributed by atoms with E-state index in [4.69, 9.17) is 4.74 Å². The second-order valence-electron chi connectivity index (χ2n) is 5.60. The van der Waals surface area contributed by atoms with Gasteiger partial charge in [0.05, 0.1) is 23.6 Å². The molecule has 0 aliphatic heterocycles. The van der Waals surface area contributed by atoms with Gasteiger partial charge in [0.15, 0.2) is 6.29 Å². The van der Waals surface area contributed by atoms with Crippen LogP contribution in [0.3, 0.4) is 0 Å². The Kier molecular flexibility index (Phi) is 4.04. The highest BCUT2D eigenvalue weighted by molar-refractivity contribution is 5.80. The number of carbonyl (C=O) groups excluding carboxylic acids is 1. The molecular weight excluding hydrogens is 264 g/mol. The fraction of sp³-hybridized carbons (Fsp3) is 0.412. The number of aryl methyl sites for hydroxylation is 1. The van der Waals surface area contributed by atoms with Gasteiger partial charge in [0.25, 0.3) is 0 Å². The minimum atomic E-state index is 0.549. The standard InChI is InChI=1S/C17H20N2O2/c1-13-16(12-20)17(21-11-10-14-6-5-7-14)19(18-13)15-8-3-2-4-9-15/h2-4,8-9,12,14H,5-7,10-11H2,1H3. The summed E-state index contributed by atoms with van der Waals surface area (Å²) in [5.74, 6) is 1.35. The number of carbonyl (C=O) groups is 1. The third kappa shape index (κ3) is 2.84. The molecule has 1 aromatic carbocycles. The summed E-state index contributed by atoms with van der Waals surface area (Å²) in [5.41, 5.74) is 2.16. The van der Waals surface area contributed by atoms with E-state index < -0.39 is 0 Å². The van der Waals surface area contributed by atoms with E-state index in [-0.39, 0.29) is 0 Å². The average molecular weight is 284 g/mol. The van der Waals surface area contributed by atoms with E-state index in [0.29, 0.717) is 23.7 Å². The quantitative estimate of drug-likeness (QED) is 0.762. The normalized spacial score (nSPS) is 14.7. The van der Waals surface area contributed by atoms with E-state index in [2.05, 4.69) is 5.10 Å². The lowest BCUT2D eigenvalue weighted by Crippen LogP contribution is -2.15. The van der Waals surface area contributed by atoms with Gasteiger partial charge in [-0.25, -0.2) is 4.68 Å². The number of ether oxygens (including phenoxy) is 1.